The highest BCUT2D eigenvalue weighted by Gasteiger charge is 2.04. The molecule has 0 radical (unpaired) electrons. The molecule has 6 nitrogen and oxygen atoms in total. The number of hydrogen-bond acceptors (Lipinski definition) is 5. The van der Waals surface area contributed by atoms with Crippen LogP contribution < -0.4 is 0 Å². The molecule has 0 aliphatic rings. The summed E-state index contributed by atoms with van der Waals surface area (Å²) in [5, 5.41) is 11.4. The quantitative estimate of drug-likeness (QED) is 0.665. The van der Waals surface area contributed by atoms with E-state index >= 15 is 0 Å². The van der Waals surface area contributed by atoms with Gasteiger partial charge >= 0.3 is 0 Å². The van der Waals surface area contributed by atoms with E-state index in [9.17, 15) is 0 Å². The predicted molar refractivity (Wildman–Crippen MR) is 51.2 cm³/mol. The zero-order chi connectivity index (χ0) is 10.4. The van der Waals surface area contributed by atoms with Crippen molar-refractivity contribution in [3.8, 4) is 11.6 Å². The lowest BCUT2D eigenvalue weighted by atomic mass is 10.5. The zero-order valence-electron chi connectivity index (χ0n) is 8.42. The topological polar surface area (TPSA) is 69.4 Å². The maximum absolute atomic E-state index is 3.97. The zero-order valence-corrected chi connectivity index (χ0v) is 8.42. The Hall–Kier alpha value is -1.85. The number of nitrogens with zero attached hydrogens (tertiary/aromatic N) is 6. The van der Waals surface area contributed by atoms with E-state index in [1.165, 1.54) is 4.80 Å². The molecule has 0 spiro atoms. The molecule has 0 aliphatic carbocycles. The monoisotopic (exact) mass is 192 g/mol. The summed E-state index contributed by atoms with van der Waals surface area (Å²) < 4.78 is 0. The van der Waals surface area contributed by atoms with Crippen molar-refractivity contribution in [2.45, 2.75) is 13.8 Å². The molecule has 14 heavy (non-hydrogen) atoms. The van der Waals surface area contributed by atoms with Gasteiger partial charge in [-0.25, -0.2) is 9.97 Å². The second-order valence-electron chi connectivity index (χ2n) is 2.17. The summed E-state index contributed by atoms with van der Waals surface area (Å²) >= 11 is 0. The van der Waals surface area contributed by atoms with Gasteiger partial charge in [-0.2, -0.15) is 4.80 Å². The lowest BCUT2D eigenvalue weighted by Gasteiger charge is -1.88. The van der Waals surface area contributed by atoms with Crippen molar-refractivity contribution in [3.05, 3.63) is 18.5 Å². The van der Waals surface area contributed by atoms with E-state index < -0.39 is 0 Å². The van der Waals surface area contributed by atoms with Crippen molar-refractivity contribution in [2.75, 3.05) is 0 Å². The fourth-order valence-electron chi connectivity index (χ4n) is 0.788. The molecule has 0 fully saturated rings. The van der Waals surface area contributed by atoms with Crippen LogP contribution in [0.5, 0.6) is 0 Å². The van der Waals surface area contributed by atoms with Crippen LogP contribution in [-0.4, -0.2) is 30.2 Å². The van der Waals surface area contributed by atoms with E-state index in [1.54, 1.807) is 25.5 Å². The molecule has 0 saturated heterocycles. The molecule has 0 unspecified atom stereocenters. The van der Waals surface area contributed by atoms with Gasteiger partial charge < -0.3 is 0 Å². The Kier molecular flexibility index (Phi) is 3.66. The summed E-state index contributed by atoms with van der Waals surface area (Å²) in [6.07, 6.45) is 3.28. The Morgan fingerprint density at radius 3 is 2.21 bits per heavy atom. The highest BCUT2D eigenvalue weighted by Crippen LogP contribution is 2.02. The number of aromatic nitrogens is 6. The normalized spacial score (nSPS) is 9.07. The fraction of sp³-hybridized carbons (Fsp3) is 0.375. The molecular weight excluding hydrogens is 180 g/mol. The summed E-state index contributed by atoms with van der Waals surface area (Å²) in [6, 6.07) is 1.74. The number of hydrogen-bond donors (Lipinski definition) is 0. The number of aryl methyl sites for hydroxylation is 1. The fourth-order valence-corrected chi connectivity index (χ4v) is 0.788. The van der Waals surface area contributed by atoms with Gasteiger partial charge in [0.15, 0.2) is 0 Å². The minimum absolute atomic E-state index is 0.443. The summed E-state index contributed by atoms with van der Waals surface area (Å²) in [5.74, 6) is 0.934. The van der Waals surface area contributed by atoms with Crippen LogP contribution in [0.1, 0.15) is 13.8 Å². The average molecular weight is 192 g/mol. The minimum Gasteiger partial charge on any atom is -0.234 e. The van der Waals surface area contributed by atoms with Gasteiger partial charge in [-0.05, 0) is 11.3 Å². The summed E-state index contributed by atoms with van der Waals surface area (Å²) in [5.41, 5.74) is 0. The highest BCUT2D eigenvalue weighted by molar-refractivity contribution is 5.39. The first kappa shape index (κ1) is 10.2. The third-order valence-corrected chi connectivity index (χ3v) is 1.27. The van der Waals surface area contributed by atoms with Crippen LogP contribution in [-0.2, 0) is 7.05 Å². The van der Waals surface area contributed by atoms with Crippen molar-refractivity contribution >= 4 is 0 Å². The van der Waals surface area contributed by atoms with Gasteiger partial charge in [-0.15, -0.1) is 10.2 Å². The van der Waals surface area contributed by atoms with E-state index in [0.29, 0.717) is 11.6 Å². The molecular formula is C8H12N6. The molecule has 0 saturated carbocycles. The van der Waals surface area contributed by atoms with Crippen LogP contribution in [0, 0.1) is 0 Å². The lowest BCUT2D eigenvalue weighted by molar-refractivity contribution is 0.630. The van der Waals surface area contributed by atoms with Crippen molar-refractivity contribution in [2.24, 2.45) is 7.05 Å². The SMILES string of the molecule is CC.Cn1nnc(-c2ncccn2)n1. The Balaban J connectivity index is 0.000000461. The van der Waals surface area contributed by atoms with Crippen molar-refractivity contribution in [1.82, 2.24) is 30.2 Å². The average Bonchev–Trinajstić information content (AvgIpc) is 2.69. The van der Waals surface area contributed by atoms with Crippen molar-refractivity contribution in [1.29, 1.82) is 0 Å². The van der Waals surface area contributed by atoms with Crippen LogP contribution in [0.3, 0.4) is 0 Å². The predicted octanol–water partition coefficient (Wildman–Crippen LogP) is 0.693. The Morgan fingerprint density at radius 1 is 1.07 bits per heavy atom. The molecule has 74 valence electrons. The standard InChI is InChI=1S/C6H6N6.C2H6/c1-12-10-6(9-11-12)5-7-3-2-4-8-5;1-2/h2-4H,1H3;1-2H3. The molecule has 0 aromatic carbocycles. The van der Waals surface area contributed by atoms with Crippen LogP contribution in [0.4, 0.5) is 0 Å². The number of rotatable bonds is 1. The van der Waals surface area contributed by atoms with Crippen molar-refractivity contribution in [3.63, 3.8) is 0 Å². The van der Waals surface area contributed by atoms with E-state index in [2.05, 4.69) is 25.4 Å². The molecule has 0 atom stereocenters. The Labute approximate surface area is 82.0 Å². The van der Waals surface area contributed by atoms with Gasteiger partial charge in [0.1, 0.15) is 0 Å². The second kappa shape index (κ2) is 5.00. The van der Waals surface area contributed by atoms with Gasteiger partial charge in [0.2, 0.25) is 11.6 Å². The first-order valence-electron chi connectivity index (χ1n) is 4.37. The molecule has 2 rings (SSSR count). The van der Waals surface area contributed by atoms with Gasteiger partial charge in [-0.1, -0.05) is 13.8 Å². The minimum atomic E-state index is 0.443. The van der Waals surface area contributed by atoms with Crippen LogP contribution in [0.15, 0.2) is 18.5 Å². The Bertz CT molecular complexity index is 368. The molecule has 6 heteroatoms. The van der Waals surface area contributed by atoms with E-state index in [0.717, 1.165) is 0 Å². The maximum Gasteiger partial charge on any atom is 0.242 e. The maximum atomic E-state index is 3.97. The molecule has 2 heterocycles. The summed E-state index contributed by atoms with van der Waals surface area (Å²) in [6.45, 7) is 4.00. The smallest absolute Gasteiger partial charge is 0.234 e. The van der Waals surface area contributed by atoms with E-state index in [4.69, 9.17) is 0 Å². The third-order valence-electron chi connectivity index (χ3n) is 1.27. The largest absolute Gasteiger partial charge is 0.242 e. The molecule has 0 bridgehead atoms. The van der Waals surface area contributed by atoms with Crippen molar-refractivity contribution < 1.29 is 0 Å². The van der Waals surface area contributed by atoms with Crippen LogP contribution in [0.2, 0.25) is 0 Å². The molecule has 0 N–H and O–H groups in total. The molecule has 0 aliphatic heterocycles. The van der Waals surface area contributed by atoms with E-state index in [-0.39, 0.29) is 0 Å². The molecule has 0 amide bonds. The third kappa shape index (κ3) is 2.32. The number of tetrazole rings is 1. The Morgan fingerprint density at radius 2 is 1.71 bits per heavy atom. The molecule has 2 aromatic rings. The van der Waals surface area contributed by atoms with Gasteiger partial charge in [-0.3, -0.25) is 0 Å². The molecule has 2 aromatic heterocycles. The summed E-state index contributed by atoms with van der Waals surface area (Å²) in [7, 11) is 1.69. The van der Waals surface area contributed by atoms with Crippen LogP contribution >= 0.6 is 0 Å². The van der Waals surface area contributed by atoms with Gasteiger partial charge in [0.25, 0.3) is 0 Å². The second-order valence-corrected chi connectivity index (χ2v) is 2.17. The van der Waals surface area contributed by atoms with Gasteiger partial charge in [0.05, 0.1) is 7.05 Å². The highest BCUT2D eigenvalue weighted by atomic mass is 15.6. The van der Waals surface area contributed by atoms with Gasteiger partial charge in [0, 0.05) is 12.4 Å². The van der Waals surface area contributed by atoms with E-state index in [1.807, 2.05) is 13.8 Å². The first-order chi connectivity index (χ1) is 6.86. The van der Waals surface area contributed by atoms with Crippen LogP contribution in [0.25, 0.3) is 11.6 Å². The lowest BCUT2D eigenvalue weighted by Crippen LogP contribution is -1.93. The first-order valence-corrected chi connectivity index (χ1v) is 4.37. The summed E-state index contributed by atoms with van der Waals surface area (Å²) in [4.78, 5) is 9.31.